The van der Waals surface area contributed by atoms with Crippen LogP contribution in [0.3, 0.4) is 0 Å². The first-order valence-electron chi connectivity index (χ1n) is 10.2. The van der Waals surface area contributed by atoms with Gasteiger partial charge >= 0.3 is 0 Å². The molecule has 0 unspecified atom stereocenters. The van der Waals surface area contributed by atoms with Crippen LogP contribution in [0.4, 0.5) is 10.1 Å². The van der Waals surface area contributed by atoms with E-state index in [9.17, 15) is 14.0 Å². The van der Waals surface area contributed by atoms with Crippen LogP contribution in [0.15, 0.2) is 72.8 Å². The van der Waals surface area contributed by atoms with Crippen LogP contribution in [0.1, 0.15) is 42.0 Å². The van der Waals surface area contributed by atoms with Gasteiger partial charge in [0.1, 0.15) is 12.4 Å². The number of fused-ring (bicyclic) bond motifs is 1. The highest BCUT2D eigenvalue weighted by molar-refractivity contribution is 6.30. The summed E-state index contributed by atoms with van der Waals surface area (Å²) in [5.41, 5.74) is 2.88. The molecule has 0 fully saturated rings. The SMILES string of the molecule is CC[C@H](C(=O)N1CC(=O)Nc2ccc(Cl)cc2[C@@H]1c1ccc(F)cc1)c1ccccc1. The molecule has 0 bridgehead atoms. The Labute approximate surface area is 185 Å². The molecule has 1 aliphatic heterocycles. The predicted octanol–water partition coefficient (Wildman–Crippen LogP) is 5.54. The number of nitrogens with zero attached hydrogens (tertiary/aromatic N) is 1. The smallest absolute Gasteiger partial charge is 0.244 e. The summed E-state index contributed by atoms with van der Waals surface area (Å²) in [6.07, 6.45) is 0.583. The van der Waals surface area contributed by atoms with E-state index in [1.54, 1.807) is 35.2 Å². The van der Waals surface area contributed by atoms with Crippen LogP contribution in [0, 0.1) is 5.82 Å². The highest BCUT2D eigenvalue weighted by Gasteiger charge is 2.36. The first-order valence-corrected chi connectivity index (χ1v) is 10.6. The molecule has 3 aromatic carbocycles. The van der Waals surface area contributed by atoms with Gasteiger partial charge in [0.2, 0.25) is 11.8 Å². The third-order valence-corrected chi connectivity index (χ3v) is 5.82. The van der Waals surface area contributed by atoms with Crippen LogP contribution in [0.25, 0.3) is 0 Å². The Kier molecular flexibility index (Phi) is 6.05. The first-order chi connectivity index (χ1) is 15.0. The largest absolute Gasteiger partial charge is 0.324 e. The summed E-state index contributed by atoms with van der Waals surface area (Å²) in [7, 11) is 0. The number of hydrogen-bond donors (Lipinski definition) is 1. The Balaban J connectivity index is 1.86. The van der Waals surface area contributed by atoms with E-state index in [1.807, 2.05) is 37.3 Å². The monoisotopic (exact) mass is 436 g/mol. The lowest BCUT2D eigenvalue weighted by molar-refractivity contribution is -0.137. The number of carbonyl (C=O) groups excluding carboxylic acids is 2. The molecule has 0 saturated heterocycles. The normalized spacial score (nSPS) is 16.8. The van der Waals surface area contributed by atoms with Crippen molar-refractivity contribution < 1.29 is 14.0 Å². The maximum Gasteiger partial charge on any atom is 0.244 e. The molecule has 31 heavy (non-hydrogen) atoms. The third kappa shape index (κ3) is 4.32. The van der Waals surface area contributed by atoms with E-state index in [0.29, 0.717) is 28.3 Å². The first kappa shape index (κ1) is 21.1. The van der Waals surface area contributed by atoms with Crippen molar-refractivity contribution in [2.24, 2.45) is 0 Å². The highest BCUT2D eigenvalue weighted by atomic mass is 35.5. The maximum atomic E-state index is 13.8. The van der Waals surface area contributed by atoms with Crippen molar-refractivity contribution in [1.82, 2.24) is 4.90 Å². The Bertz CT molecular complexity index is 1100. The number of carbonyl (C=O) groups is 2. The molecular weight excluding hydrogens is 415 g/mol. The highest BCUT2D eigenvalue weighted by Crippen LogP contribution is 2.39. The minimum atomic E-state index is -0.585. The number of amides is 2. The summed E-state index contributed by atoms with van der Waals surface area (Å²) in [5.74, 6) is -1.22. The molecule has 158 valence electrons. The Morgan fingerprint density at radius 3 is 2.52 bits per heavy atom. The van der Waals surface area contributed by atoms with E-state index in [0.717, 1.165) is 5.56 Å². The van der Waals surface area contributed by atoms with Gasteiger partial charge in [-0.2, -0.15) is 0 Å². The second-order valence-corrected chi connectivity index (χ2v) is 8.01. The van der Waals surface area contributed by atoms with Crippen molar-refractivity contribution >= 4 is 29.1 Å². The van der Waals surface area contributed by atoms with Crippen LogP contribution < -0.4 is 5.32 Å². The molecule has 6 heteroatoms. The Hall–Kier alpha value is -3.18. The summed E-state index contributed by atoms with van der Waals surface area (Å²) in [4.78, 5) is 28.1. The second kappa shape index (κ2) is 8.90. The average molecular weight is 437 g/mol. The lowest BCUT2D eigenvalue weighted by atomic mass is 9.91. The van der Waals surface area contributed by atoms with Crippen LogP contribution >= 0.6 is 11.6 Å². The van der Waals surface area contributed by atoms with E-state index < -0.39 is 12.0 Å². The molecule has 1 aliphatic rings. The van der Waals surface area contributed by atoms with Crippen LogP contribution in [0.2, 0.25) is 5.02 Å². The van der Waals surface area contributed by atoms with Crippen LogP contribution in [0.5, 0.6) is 0 Å². The number of hydrogen-bond acceptors (Lipinski definition) is 2. The van der Waals surface area contributed by atoms with Gasteiger partial charge in [0, 0.05) is 16.3 Å². The lowest BCUT2D eigenvalue weighted by Crippen LogP contribution is -2.41. The van der Waals surface area contributed by atoms with Crippen molar-refractivity contribution in [2.45, 2.75) is 25.3 Å². The summed E-state index contributed by atoms with van der Waals surface area (Å²) in [6.45, 7) is 1.84. The number of benzene rings is 3. The molecule has 0 radical (unpaired) electrons. The predicted molar refractivity (Wildman–Crippen MR) is 120 cm³/mol. The molecular formula is C25H22ClFN2O2. The fourth-order valence-corrected chi connectivity index (χ4v) is 4.31. The fourth-order valence-electron chi connectivity index (χ4n) is 4.13. The minimum Gasteiger partial charge on any atom is -0.324 e. The molecule has 1 N–H and O–H groups in total. The molecule has 2 atom stereocenters. The molecule has 0 spiro atoms. The average Bonchev–Trinajstić information content (AvgIpc) is 2.91. The zero-order valence-electron chi connectivity index (χ0n) is 17.0. The summed E-state index contributed by atoms with van der Waals surface area (Å²) >= 11 is 6.28. The molecule has 0 aliphatic carbocycles. The van der Waals surface area contributed by atoms with Gasteiger partial charge in [-0.05, 0) is 47.9 Å². The van der Waals surface area contributed by atoms with Gasteiger partial charge < -0.3 is 10.2 Å². The third-order valence-electron chi connectivity index (χ3n) is 5.59. The second-order valence-electron chi connectivity index (χ2n) is 7.57. The van der Waals surface area contributed by atoms with Crippen molar-refractivity contribution in [3.8, 4) is 0 Å². The summed E-state index contributed by atoms with van der Waals surface area (Å²) < 4.78 is 13.6. The van der Waals surface area contributed by atoms with Crippen LogP contribution in [-0.2, 0) is 9.59 Å². The maximum absolute atomic E-state index is 13.8. The molecule has 2 amide bonds. The van der Waals surface area contributed by atoms with Crippen molar-refractivity contribution in [3.05, 3.63) is 100 Å². The van der Waals surface area contributed by atoms with E-state index in [1.165, 1.54) is 12.1 Å². The molecule has 1 heterocycles. The van der Waals surface area contributed by atoms with Gasteiger partial charge in [-0.25, -0.2) is 4.39 Å². The molecule has 4 rings (SSSR count). The van der Waals surface area contributed by atoms with Gasteiger partial charge in [0.05, 0.1) is 12.0 Å². The van der Waals surface area contributed by atoms with Gasteiger partial charge in [-0.15, -0.1) is 0 Å². The molecule has 3 aromatic rings. The minimum absolute atomic E-state index is 0.115. The molecule has 0 aromatic heterocycles. The van der Waals surface area contributed by atoms with Crippen molar-refractivity contribution in [1.29, 1.82) is 0 Å². The summed E-state index contributed by atoms with van der Waals surface area (Å²) in [5, 5.41) is 3.37. The fraction of sp³-hybridized carbons (Fsp3) is 0.200. The quantitative estimate of drug-likeness (QED) is 0.583. The molecule has 4 nitrogen and oxygen atoms in total. The van der Waals surface area contributed by atoms with Gasteiger partial charge in [-0.3, -0.25) is 9.59 Å². The topological polar surface area (TPSA) is 49.4 Å². The van der Waals surface area contributed by atoms with E-state index in [-0.39, 0.29) is 24.2 Å². The Morgan fingerprint density at radius 2 is 1.84 bits per heavy atom. The van der Waals surface area contributed by atoms with Crippen molar-refractivity contribution in [3.63, 3.8) is 0 Å². The van der Waals surface area contributed by atoms with Crippen LogP contribution in [-0.4, -0.2) is 23.3 Å². The van der Waals surface area contributed by atoms with E-state index >= 15 is 0 Å². The van der Waals surface area contributed by atoms with Crippen molar-refractivity contribution in [2.75, 3.05) is 11.9 Å². The van der Waals surface area contributed by atoms with Gasteiger partial charge in [0.25, 0.3) is 0 Å². The van der Waals surface area contributed by atoms with E-state index in [4.69, 9.17) is 11.6 Å². The van der Waals surface area contributed by atoms with Gasteiger partial charge in [0.15, 0.2) is 0 Å². The number of anilines is 1. The lowest BCUT2D eigenvalue weighted by Gasteiger charge is -2.33. The Morgan fingerprint density at radius 1 is 1.13 bits per heavy atom. The number of rotatable bonds is 4. The number of halogens is 2. The number of nitrogens with one attached hydrogen (secondary N) is 1. The molecule has 0 saturated carbocycles. The zero-order chi connectivity index (χ0) is 22.0. The van der Waals surface area contributed by atoms with Gasteiger partial charge in [-0.1, -0.05) is 61.0 Å². The van der Waals surface area contributed by atoms with E-state index in [2.05, 4.69) is 5.32 Å². The zero-order valence-corrected chi connectivity index (χ0v) is 17.8. The summed E-state index contributed by atoms with van der Waals surface area (Å²) in [6, 6.07) is 20.1. The standard InChI is InChI=1S/C25H22ClFN2O2/c1-2-20(16-6-4-3-5-7-16)25(31)29-15-23(30)28-22-13-10-18(26)14-21(22)24(29)17-8-11-19(27)12-9-17/h3-14,20,24H,2,15H2,1H3,(H,28,30)/t20-,24-/m0/s1.